The maximum absolute atomic E-state index is 9.14. The fourth-order valence-electron chi connectivity index (χ4n) is 2.51. The van der Waals surface area contributed by atoms with Gasteiger partial charge in [0.05, 0.1) is 11.8 Å². The van der Waals surface area contributed by atoms with Crippen LogP contribution >= 0.6 is 0 Å². The summed E-state index contributed by atoms with van der Waals surface area (Å²) < 4.78 is 0. The van der Waals surface area contributed by atoms with E-state index in [2.05, 4.69) is 26.1 Å². The number of nitriles is 1. The molecule has 1 aliphatic heterocycles. The zero-order chi connectivity index (χ0) is 14.7. The summed E-state index contributed by atoms with van der Waals surface area (Å²) >= 11 is 0. The Morgan fingerprint density at radius 1 is 1.00 bits per heavy atom. The average molecular weight is 280 g/mol. The van der Waals surface area contributed by atoms with Crippen molar-refractivity contribution in [2.45, 2.75) is 0 Å². The summed E-state index contributed by atoms with van der Waals surface area (Å²) in [4.78, 5) is 4.41. The van der Waals surface area contributed by atoms with Crippen molar-refractivity contribution in [3.05, 3.63) is 42.1 Å². The topological polar surface area (TPSA) is 82.1 Å². The van der Waals surface area contributed by atoms with Gasteiger partial charge in [-0.25, -0.2) is 0 Å². The molecule has 6 nitrogen and oxygen atoms in total. The highest BCUT2D eigenvalue weighted by molar-refractivity contribution is 5.56. The minimum Gasteiger partial charge on any atom is -0.399 e. The van der Waals surface area contributed by atoms with E-state index in [1.807, 2.05) is 24.3 Å². The van der Waals surface area contributed by atoms with Gasteiger partial charge in [-0.3, -0.25) is 0 Å². The lowest BCUT2D eigenvalue weighted by Crippen LogP contribution is -2.47. The molecule has 0 saturated carbocycles. The number of rotatable bonds is 2. The Hall–Kier alpha value is -2.81. The summed E-state index contributed by atoms with van der Waals surface area (Å²) in [5.41, 5.74) is 8.23. The largest absolute Gasteiger partial charge is 0.399 e. The van der Waals surface area contributed by atoms with Crippen molar-refractivity contribution in [3.63, 3.8) is 0 Å². The van der Waals surface area contributed by atoms with Gasteiger partial charge >= 0.3 is 0 Å². The second kappa shape index (κ2) is 5.67. The van der Waals surface area contributed by atoms with Crippen LogP contribution in [-0.4, -0.2) is 36.4 Å². The number of nitrogens with zero attached hydrogens (tertiary/aromatic N) is 5. The first-order valence-electron chi connectivity index (χ1n) is 6.85. The van der Waals surface area contributed by atoms with Gasteiger partial charge in [0.2, 0.25) is 0 Å². The van der Waals surface area contributed by atoms with Gasteiger partial charge in [0.15, 0.2) is 5.82 Å². The molecular formula is C15H16N6. The number of nitrogens with two attached hydrogens (primary N) is 1. The minimum atomic E-state index is 0.575. The quantitative estimate of drug-likeness (QED) is 0.834. The molecule has 1 saturated heterocycles. The van der Waals surface area contributed by atoms with E-state index in [0.29, 0.717) is 11.4 Å². The molecule has 0 atom stereocenters. The number of hydrogen-bond donors (Lipinski definition) is 1. The first-order chi connectivity index (χ1) is 10.3. The van der Waals surface area contributed by atoms with Crippen LogP contribution in [0.3, 0.4) is 0 Å². The molecule has 0 aliphatic carbocycles. The SMILES string of the molecule is N#Cc1ccnnc1N1CCN(c2ccc(N)cc2)CC1. The van der Waals surface area contributed by atoms with Gasteiger partial charge in [0, 0.05) is 37.6 Å². The van der Waals surface area contributed by atoms with Crippen LogP contribution in [-0.2, 0) is 0 Å². The molecular weight excluding hydrogens is 264 g/mol. The third kappa shape index (κ3) is 2.72. The molecule has 0 amide bonds. The Balaban J connectivity index is 1.70. The van der Waals surface area contributed by atoms with Gasteiger partial charge in [0.1, 0.15) is 6.07 Å². The molecule has 2 N–H and O–H groups in total. The zero-order valence-corrected chi connectivity index (χ0v) is 11.6. The predicted molar refractivity (Wildman–Crippen MR) is 82.0 cm³/mol. The van der Waals surface area contributed by atoms with Crippen LogP contribution in [0.1, 0.15) is 5.56 Å². The summed E-state index contributed by atoms with van der Waals surface area (Å²) in [6.45, 7) is 3.40. The minimum absolute atomic E-state index is 0.575. The first-order valence-corrected chi connectivity index (χ1v) is 6.85. The fraction of sp³-hybridized carbons (Fsp3) is 0.267. The van der Waals surface area contributed by atoms with Gasteiger partial charge in [-0.1, -0.05) is 0 Å². The Kier molecular flexibility index (Phi) is 3.56. The number of benzene rings is 1. The van der Waals surface area contributed by atoms with E-state index in [1.54, 1.807) is 12.3 Å². The van der Waals surface area contributed by atoms with Crippen LogP contribution in [0.4, 0.5) is 17.2 Å². The first kappa shape index (κ1) is 13.2. The van der Waals surface area contributed by atoms with Crippen molar-refractivity contribution < 1.29 is 0 Å². The summed E-state index contributed by atoms with van der Waals surface area (Å²) in [5, 5.41) is 17.1. The van der Waals surface area contributed by atoms with Crippen molar-refractivity contribution in [2.75, 3.05) is 41.7 Å². The zero-order valence-electron chi connectivity index (χ0n) is 11.6. The van der Waals surface area contributed by atoms with Crippen molar-refractivity contribution in [1.82, 2.24) is 10.2 Å². The second-order valence-corrected chi connectivity index (χ2v) is 4.95. The van der Waals surface area contributed by atoms with E-state index < -0.39 is 0 Å². The van der Waals surface area contributed by atoms with Gasteiger partial charge in [-0.05, 0) is 30.3 Å². The molecule has 0 radical (unpaired) electrons. The molecule has 2 aromatic rings. The van der Waals surface area contributed by atoms with E-state index in [4.69, 9.17) is 11.0 Å². The molecule has 3 rings (SSSR count). The average Bonchev–Trinajstić information content (AvgIpc) is 2.56. The molecule has 106 valence electrons. The van der Waals surface area contributed by atoms with Crippen LogP contribution in [0.15, 0.2) is 36.5 Å². The molecule has 1 aliphatic rings. The molecule has 21 heavy (non-hydrogen) atoms. The third-order valence-electron chi connectivity index (χ3n) is 3.66. The lowest BCUT2D eigenvalue weighted by Gasteiger charge is -2.36. The standard InChI is InChI=1S/C15H16N6/c16-11-12-5-6-18-19-15(12)21-9-7-20(8-10-21)14-3-1-13(17)2-4-14/h1-6H,7-10,17H2. The molecule has 1 aromatic heterocycles. The van der Waals surface area contributed by atoms with E-state index >= 15 is 0 Å². The Morgan fingerprint density at radius 3 is 2.33 bits per heavy atom. The fourth-order valence-corrected chi connectivity index (χ4v) is 2.51. The maximum atomic E-state index is 9.14. The molecule has 6 heteroatoms. The molecule has 0 unspecified atom stereocenters. The van der Waals surface area contributed by atoms with Crippen molar-refractivity contribution in [2.24, 2.45) is 0 Å². The van der Waals surface area contributed by atoms with Crippen molar-refractivity contribution in [1.29, 1.82) is 5.26 Å². The number of piperazine rings is 1. The van der Waals surface area contributed by atoms with E-state index in [1.165, 1.54) is 5.69 Å². The van der Waals surface area contributed by atoms with E-state index in [0.717, 1.165) is 31.9 Å². The Bertz CT molecular complexity index is 653. The molecule has 1 aromatic carbocycles. The molecule has 0 bridgehead atoms. The summed E-state index contributed by atoms with van der Waals surface area (Å²) in [7, 11) is 0. The van der Waals surface area contributed by atoms with Crippen LogP contribution in [0.2, 0.25) is 0 Å². The number of anilines is 3. The van der Waals surface area contributed by atoms with Crippen LogP contribution in [0, 0.1) is 11.3 Å². The number of hydrogen-bond acceptors (Lipinski definition) is 6. The van der Waals surface area contributed by atoms with E-state index in [-0.39, 0.29) is 0 Å². The normalized spacial score (nSPS) is 14.8. The number of nitrogen functional groups attached to an aromatic ring is 1. The highest BCUT2D eigenvalue weighted by Crippen LogP contribution is 2.21. The molecule has 0 spiro atoms. The highest BCUT2D eigenvalue weighted by Gasteiger charge is 2.20. The smallest absolute Gasteiger partial charge is 0.169 e. The van der Waals surface area contributed by atoms with Crippen LogP contribution < -0.4 is 15.5 Å². The second-order valence-electron chi connectivity index (χ2n) is 4.95. The third-order valence-corrected chi connectivity index (χ3v) is 3.66. The maximum Gasteiger partial charge on any atom is 0.169 e. The molecule has 2 heterocycles. The van der Waals surface area contributed by atoms with Crippen LogP contribution in [0.25, 0.3) is 0 Å². The summed E-state index contributed by atoms with van der Waals surface area (Å²) in [5.74, 6) is 0.678. The van der Waals surface area contributed by atoms with Crippen molar-refractivity contribution in [3.8, 4) is 6.07 Å². The van der Waals surface area contributed by atoms with Crippen molar-refractivity contribution >= 4 is 17.2 Å². The van der Waals surface area contributed by atoms with Gasteiger partial charge in [-0.2, -0.15) is 10.4 Å². The summed E-state index contributed by atoms with van der Waals surface area (Å²) in [6.07, 6.45) is 1.55. The van der Waals surface area contributed by atoms with Gasteiger partial charge in [0.25, 0.3) is 0 Å². The van der Waals surface area contributed by atoms with E-state index in [9.17, 15) is 0 Å². The Morgan fingerprint density at radius 2 is 1.67 bits per heavy atom. The lowest BCUT2D eigenvalue weighted by molar-refractivity contribution is 0.643. The molecule has 1 fully saturated rings. The van der Waals surface area contributed by atoms with Gasteiger partial charge in [-0.15, -0.1) is 5.10 Å². The summed E-state index contributed by atoms with van der Waals surface area (Å²) in [6, 6.07) is 11.8. The predicted octanol–water partition coefficient (Wildman–Crippen LogP) is 1.26. The number of aromatic nitrogens is 2. The highest BCUT2D eigenvalue weighted by atomic mass is 15.3. The van der Waals surface area contributed by atoms with Gasteiger partial charge < -0.3 is 15.5 Å². The van der Waals surface area contributed by atoms with Crippen LogP contribution in [0.5, 0.6) is 0 Å². The monoisotopic (exact) mass is 280 g/mol. The Labute approximate surface area is 123 Å². The lowest BCUT2D eigenvalue weighted by atomic mass is 10.2.